The first-order valence-corrected chi connectivity index (χ1v) is 3.98. The van der Waals surface area contributed by atoms with Gasteiger partial charge < -0.3 is 4.74 Å². The summed E-state index contributed by atoms with van der Waals surface area (Å²) in [6, 6.07) is 4.26. The van der Waals surface area contributed by atoms with Crippen molar-refractivity contribution in [3.8, 4) is 5.75 Å². The monoisotopic (exact) mass is 222 g/mol. The first kappa shape index (κ1) is 10.9. The highest BCUT2D eigenvalue weighted by Crippen LogP contribution is 2.33. The summed E-state index contributed by atoms with van der Waals surface area (Å²) < 4.78 is 39.5. The van der Waals surface area contributed by atoms with Crippen LogP contribution in [-0.4, -0.2) is 6.36 Å². The van der Waals surface area contributed by atoms with Gasteiger partial charge in [0.1, 0.15) is 0 Å². The molecule has 0 N–H and O–H groups in total. The summed E-state index contributed by atoms with van der Waals surface area (Å²) in [7, 11) is 0. The second-order valence-electron chi connectivity index (χ2n) is 2.41. The van der Waals surface area contributed by atoms with Crippen molar-refractivity contribution in [2.45, 2.75) is 6.36 Å². The van der Waals surface area contributed by atoms with Crippen LogP contribution in [0.2, 0.25) is 5.02 Å². The quantitative estimate of drug-likeness (QED) is 0.738. The number of rotatable bonds is 2. The maximum Gasteiger partial charge on any atom is 0.573 e. The minimum absolute atomic E-state index is 0.0975. The van der Waals surface area contributed by atoms with E-state index in [-0.39, 0.29) is 10.6 Å². The number of benzene rings is 1. The molecule has 0 fully saturated rings. The third kappa shape index (κ3) is 2.67. The first-order chi connectivity index (χ1) is 6.44. The fourth-order valence-corrected chi connectivity index (χ4v) is 1.13. The minimum Gasteiger partial charge on any atom is -0.404 e. The van der Waals surface area contributed by atoms with E-state index in [1.165, 1.54) is 24.3 Å². The van der Waals surface area contributed by atoms with Crippen LogP contribution >= 0.6 is 11.6 Å². The molecule has 5 heteroatoms. The van der Waals surface area contributed by atoms with E-state index in [0.717, 1.165) is 0 Å². The van der Waals surface area contributed by atoms with E-state index in [1.54, 1.807) is 0 Å². The van der Waals surface area contributed by atoms with Crippen LogP contribution in [0.15, 0.2) is 24.8 Å². The highest BCUT2D eigenvalue weighted by Gasteiger charge is 2.32. The lowest BCUT2D eigenvalue weighted by Crippen LogP contribution is -2.18. The molecule has 0 unspecified atom stereocenters. The van der Waals surface area contributed by atoms with Gasteiger partial charge in [-0.3, -0.25) is 0 Å². The smallest absolute Gasteiger partial charge is 0.404 e. The van der Waals surface area contributed by atoms with E-state index in [4.69, 9.17) is 11.6 Å². The molecule has 0 amide bonds. The molecule has 0 saturated carbocycles. The number of para-hydroxylation sites is 1. The molecule has 1 nitrogen and oxygen atoms in total. The predicted molar refractivity (Wildman–Crippen MR) is 48.2 cm³/mol. The second kappa shape index (κ2) is 3.92. The molecule has 0 saturated heterocycles. The summed E-state index contributed by atoms with van der Waals surface area (Å²) in [6.45, 7) is 3.36. The van der Waals surface area contributed by atoms with Crippen molar-refractivity contribution in [3.05, 3.63) is 35.4 Å². The molecule has 0 spiro atoms. The third-order valence-corrected chi connectivity index (χ3v) is 1.73. The van der Waals surface area contributed by atoms with Gasteiger partial charge in [-0.1, -0.05) is 36.4 Å². The fourth-order valence-electron chi connectivity index (χ4n) is 0.910. The zero-order chi connectivity index (χ0) is 10.8. The standard InChI is InChI=1S/C9H6ClF3O/c1-2-6-4-3-5-7(10)8(6)14-9(11,12)13/h2-5H,1H2. The lowest BCUT2D eigenvalue weighted by Gasteiger charge is -2.12. The second-order valence-corrected chi connectivity index (χ2v) is 2.82. The Morgan fingerprint density at radius 3 is 2.50 bits per heavy atom. The van der Waals surface area contributed by atoms with Gasteiger partial charge in [0.15, 0.2) is 5.75 Å². The fraction of sp³-hybridized carbons (Fsp3) is 0.111. The summed E-state index contributed by atoms with van der Waals surface area (Å²) in [4.78, 5) is 0. The van der Waals surface area contributed by atoms with Crippen molar-refractivity contribution >= 4 is 17.7 Å². The molecule has 0 heterocycles. The van der Waals surface area contributed by atoms with Crippen LogP contribution in [0.3, 0.4) is 0 Å². The molecule has 76 valence electrons. The van der Waals surface area contributed by atoms with Crippen LogP contribution in [0.25, 0.3) is 6.08 Å². The largest absolute Gasteiger partial charge is 0.573 e. The molecule has 0 aliphatic rings. The average molecular weight is 223 g/mol. The number of ether oxygens (including phenoxy) is 1. The Balaban J connectivity index is 3.11. The molecule has 1 rings (SSSR count). The SMILES string of the molecule is C=Cc1cccc(Cl)c1OC(F)(F)F. The van der Waals surface area contributed by atoms with E-state index in [1.807, 2.05) is 0 Å². The van der Waals surface area contributed by atoms with Crippen molar-refractivity contribution in [2.24, 2.45) is 0 Å². The van der Waals surface area contributed by atoms with Crippen molar-refractivity contribution in [1.29, 1.82) is 0 Å². The van der Waals surface area contributed by atoms with Gasteiger partial charge in [0.2, 0.25) is 0 Å². The highest BCUT2D eigenvalue weighted by molar-refractivity contribution is 6.32. The lowest BCUT2D eigenvalue weighted by molar-refractivity contribution is -0.274. The Bertz CT molecular complexity index is 346. The Hall–Kier alpha value is -1.16. The summed E-state index contributed by atoms with van der Waals surface area (Å²) in [6.07, 6.45) is -3.50. The van der Waals surface area contributed by atoms with E-state index < -0.39 is 12.1 Å². The lowest BCUT2D eigenvalue weighted by atomic mass is 10.2. The molecule has 0 bridgehead atoms. The molecular formula is C9H6ClF3O. The number of hydrogen-bond acceptors (Lipinski definition) is 1. The average Bonchev–Trinajstić information content (AvgIpc) is 2.06. The highest BCUT2D eigenvalue weighted by atomic mass is 35.5. The molecule has 0 radical (unpaired) electrons. The zero-order valence-electron chi connectivity index (χ0n) is 6.94. The van der Waals surface area contributed by atoms with E-state index in [0.29, 0.717) is 0 Å². The Kier molecular flexibility index (Phi) is 3.06. The topological polar surface area (TPSA) is 9.23 Å². The van der Waals surface area contributed by atoms with Gasteiger partial charge in [-0.25, -0.2) is 0 Å². The van der Waals surface area contributed by atoms with Crippen molar-refractivity contribution in [3.63, 3.8) is 0 Å². The van der Waals surface area contributed by atoms with Crippen LogP contribution in [-0.2, 0) is 0 Å². The summed E-state index contributed by atoms with van der Waals surface area (Å²) in [5.41, 5.74) is 0.204. The molecular weight excluding hydrogens is 217 g/mol. The molecule has 0 aromatic heterocycles. The Morgan fingerprint density at radius 1 is 1.36 bits per heavy atom. The van der Waals surface area contributed by atoms with Crippen LogP contribution in [0.1, 0.15) is 5.56 Å². The normalized spacial score (nSPS) is 11.1. The summed E-state index contributed by atoms with van der Waals surface area (Å²) in [5.74, 6) is -0.420. The molecule has 0 aliphatic carbocycles. The zero-order valence-corrected chi connectivity index (χ0v) is 7.69. The van der Waals surface area contributed by atoms with E-state index >= 15 is 0 Å². The van der Waals surface area contributed by atoms with Gasteiger partial charge in [0.25, 0.3) is 0 Å². The van der Waals surface area contributed by atoms with Gasteiger partial charge in [-0.05, 0) is 6.07 Å². The summed E-state index contributed by atoms with van der Waals surface area (Å²) in [5, 5.41) is -0.0975. The van der Waals surface area contributed by atoms with Crippen molar-refractivity contribution < 1.29 is 17.9 Å². The number of halogens is 4. The van der Waals surface area contributed by atoms with Gasteiger partial charge in [0, 0.05) is 5.56 Å². The minimum atomic E-state index is -4.75. The van der Waals surface area contributed by atoms with E-state index in [2.05, 4.69) is 11.3 Å². The molecule has 1 aromatic carbocycles. The summed E-state index contributed by atoms with van der Waals surface area (Å²) >= 11 is 5.54. The van der Waals surface area contributed by atoms with Crippen molar-refractivity contribution in [1.82, 2.24) is 0 Å². The van der Waals surface area contributed by atoms with Crippen LogP contribution in [0.4, 0.5) is 13.2 Å². The maximum atomic E-state index is 11.9. The molecule has 0 atom stereocenters. The molecule has 14 heavy (non-hydrogen) atoms. The molecule has 1 aromatic rings. The maximum absolute atomic E-state index is 11.9. The molecule has 0 aliphatic heterocycles. The Morgan fingerprint density at radius 2 is 2.00 bits per heavy atom. The first-order valence-electron chi connectivity index (χ1n) is 3.61. The third-order valence-electron chi connectivity index (χ3n) is 1.44. The van der Waals surface area contributed by atoms with Gasteiger partial charge in [0.05, 0.1) is 5.02 Å². The predicted octanol–water partition coefficient (Wildman–Crippen LogP) is 3.88. The van der Waals surface area contributed by atoms with Crippen LogP contribution in [0, 0.1) is 0 Å². The van der Waals surface area contributed by atoms with Gasteiger partial charge in [-0.15, -0.1) is 13.2 Å². The number of hydrogen-bond donors (Lipinski definition) is 0. The Labute approximate surface area is 83.8 Å². The van der Waals surface area contributed by atoms with E-state index in [9.17, 15) is 13.2 Å². The van der Waals surface area contributed by atoms with Crippen LogP contribution in [0.5, 0.6) is 5.75 Å². The van der Waals surface area contributed by atoms with Crippen molar-refractivity contribution in [2.75, 3.05) is 0 Å². The van der Waals surface area contributed by atoms with Crippen LogP contribution < -0.4 is 4.74 Å². The number of alkyl halides is 3. The van der Waals surface area contributed by atoms with Gasteiger partial charge in [-0.2, -0.15) is 0 Å². The van der Waals surface area contributed by atoms with Gasteiger partial charge >= 0.3 is 6.36 Å².